The fraction of sp³-hybridized carbons (Fsp3) is 0.0588. The Morgan fingerprint density at radius 1 is 1.09 bits per heavy atom. The fourth-order valence-corrected chi connectivity index (χ4v) is 2.08. The minimum Gasteiger partial charge on any atom is -0.408 e. The minimum atomic E-state index is -0.651. The number of rotatable bonds is 2. The van der Waals surface area contributed by atoms with Gasteiger partial charge < -0.3 is 4.74 Å². The molecule has 0 aliphatic heterocycles. The van der Waals surface area contributed by atoms with E-state index in [1.54, 1.807) is 12.1 Å². The summed E-state index contributed by atoms with van der Waals surface area (Å²) < 4.78 is 18.1. The van der Waals surface area contributed by atoms with Crippen molar-refractivity contribution in [3.05, 3.63) is 66.1 Å². The average molecular weight is 296 g/mol. The first-order valence-electron chi connectivity index (χ1n) is 6.72. The van der Waals surface area contributed by atoms with Crippen molar-refractivity contribution in [2.45, 2.75) is 6.92 Å². The van der Waals surface area contributed by atoms with E-state index in [0.717, 1.165) is 11.1 Å². The van der Waals surface area contributed by atoms with E-state index in [4.69, 9.17) is 4.74 Å². The fourth-order valence-electron chi connectivity index (χ4n) is 2.08. The van der Waals surface area contributed by atoms with Crippen molar-refractivity contribution < 1.29 is 13.9 Å². The standard InChI is InChI=1S/C17H13FN2O2/c1-11-5-6-12-3-2-4-15(16(12)19-11)22-17(21)20-14-9-7-13(18)8-10-14/h2-10H,1H3,(H,20,21). The van der Waals surface area contributed by atoms with Crippen LogP contribution in [-0.2, 0) is 0 Å². The van der Waals surface area contributed by atoms with E-state index in [2.05, 4.69) is 10.3 Å². The second kappa shape index (κ2) is 5.81. The van der Waals surface area contributed by atoms with Crippen molar-refractivity contribution in [3.63, 3.8) is 0 Å². The Kier molecular flexibility index (Phi) is 3.70. The number of hydrogen-bond acceptors (Lipinski definition) is 3. The SMILES string of the molecule is Cc1ccc2cccc(OC(=O)Nc3ccc(F)cc3)c2n1. The molecule has 5 heteroatoms. The number of nitrogens with zero attached hydrogens (tertiary/aromatic N) is 1. The quantitative estimate of drug-likeness (QED) is 0.767. The molecule has 0 aliphatic rings. The van der Waals surface area contributed by atoms with Crippen LogP contribution in [0.5, 0.6) is 5.75 Å². The number of para-hydroxylation sites is 1. The van der Waals surface area contributed by atoms with Gasteiger partial charge in [-0.2, -0.15) is 0 Å². The molecule has 0 radical (unpaired) electrons. The molecule has 22 heavy (non-hydrogen) atoms. The second-order valence-electron chi connectivity index (χ2n) is 4.80. The van der Waals surface area contributed by atoms with Crippen molar-refractivity contribution in [1.29, 1.82) is 0 Å². The predicted molar refractivity (Wildman–Crippen MR) is 82.5 cm³/mol. The van der Waals surface area contributed by atoms with Gasteiger partial charge in [-0.15, -0.1) is 0 Å². The number of halogens is 1. The minimum absolute atomic E-state index is 0.368. The van der Waals surface area contributed by atoms with E-state index in [1.165, 1.54) is 24.3 Å². The Balaban J connectivity index is 1.82. The molecular weight excluding hydrogens is 283 g/mol. The number of amides is 1. The van der Waals surface area contributed by atoms with Crippen molar-refractivity contribution in [2.75, 3.05) is 5.32 Å². The van der Waals surface area contributed by atoms with Gasteiger partial charge in [-0.25, -0.2) is 14.2 Å². The smallest absolute Gasteiger partial charge is 0.408 e. The molecule has 0 spiro atoms. The summed E-state index contributed by atoms with van der Waals surface area (Å²) in [6, 6.07) is 14.6. The van der Waals surface area contributed by atoms with Gasteiger partial charge in [-0.3, -0.25) is 5.32 Å². The maximum absolute atomic E-state index is 12.8. The Labute approximate surface area is 126 Å². The number of aromatic nitrogens is 1. The van der Waals surface area contributed by atoms with E-state index in [1.807, 2.05) is 25.1 Å². The molecule has 0 unspecified atom stereocenters. The Morgan fingerprint density at radius 3 is 2.64 bits per heavy atom. The first kappa shape index (κ1) is 14.0. The highest BCUT2D eigenvalue weighted by molar-refractivity contribution is 5.91. The van der Waals surface area contributed by atoms with Crippen LogP contribution >= 0.6 is 0 Å². The zero-order valence-electron chi connectivity index (χ0n) is 11.8. The van der Waals surface area contributed by atoms with Crippen LogP contribution in [0.2, 0.25) is 0 Å². The molecule has 2 aromatic carbocycles. The number of nitrogens with one attached hydrogen (secondary N) is 1. The molecule has 3 aromatic rings. The first-order chi connectivity index (χ1) is 10.6. The lowest BCUT2D eigenvalue weighted by atomic mass is 10.2. The summed E-state index contributed by atoms with van der Waals surface area (Å²) in [6.45, 7) is 1.87. The number of anilines is 1. The molecule has 110 valence electrons. The summed E-state index contributed by atoms with van der Waals surface area (Å²) in [5.74, 6) is 0.00783. The first-order valence-corrected chi connectivity index (χ1v) is 6.72. The molecule has 1 amide bonds. The Bertz CT molecular complexity index is 832. The third-order valence-electron chi connectivity index (χ3n) is 3.12. The number of aryl methyl sites for hydroxylation is 1. The monoisotopic (exact) mass is 296 g/mol. The van der Waals surface area contributed by atoms with Crippen LogP contribution in [0.1, 0.15) is 5.69 Å². The topological polar surface area (TPSA) is 51.2 Å². The Hall–Kier alpha value is -2.95. The van der Waals surface area contributed by atoms with Gasteiger partial charge in [0.2, 0.25) is 0 Å². The highest BCUT2D eigenvalue weighted by atomic mass is 19.1. The van der Waals surface area contributed by atoms with Gasteiger partial charge in [-0.1, -0.05) is 18.2 Å². The van der Waals surface area contributed by atoms with Gasteiger partial charge in [0, 0.05) is 16.8 Å². The van der Waals surface area contributed by atoms with Crippen molar-refractivity contribution in [1.82, 2.24) is 4.98 Å². The van der Waals surface area contributed by atoms with Gasteiger partial charge in [0.1, 0.15) is 11.3 Å². The zero-order valence-corrected chi connectivity index (χ0v) is 11.8. The average Bonchev–Trinajstić information content (AvgIpc) is 2.50. The van der Waals surface area contributed by atoms with Gasteiger partial charge >= 0.3 is 6.09 Å². The zero-order chi connectivity index (χ0) is 15.5. The largest absolute Gasteiger partial charge is 0.417 e. The number of carbonyl (C=O) groups is 1. The van der Waals surface area contributed by atoms with Crippen LogP contribution < -0.4 is 10.1 Å². The normalized spacial score (nSPS) is 10.5. The predicted octanol–water partition coefficient (Wildman–Crippen LogP) is 4.29. The summed E-state index contributed by atoms with van der Waals surface area (Å²) in [5.41, 5.74) is 1.91. The molecule has 1 heterocycles. The van der Waals surface area contributed by atoms with E-state index in [9.17, 15) is 9.18 Å². The maximum atomic E-state index is 12.8. The molecule has 0 saturated carbocycles. The van der Waals surface area contributed by atoms with Crippen molar-refractivity contribution >= 4 is 22.7 Å². The summed E-state index contributed by atoms with van der Waals surface area (Å²) in [7, 11) is 0. The third kappa shape index (κ3) is 3.03. The molecule has 0 fully saturated rings. The lowest BCUT2D eigenvalue weighted by molar-refractivity contribution is 0.215. The highest BCUT2D eigenvalue weighted by Gasteiger charge is 2.09. The van der Waals surface area contributed by atoms with Crippen molar-refractivity contribution in [2.24, 2.45) is 0 Å². The van der Waals surface area contributed by atoms with Gasteiger partial charge in [0.05, 0.1) is 0 Å². The van der Waals surface area contributed by atoms with E-state index in [0.29, 0.717) is 17.0 Å². The highest BCUT2D eigenvalue weighted by Crippen LogP contribution is 2.24. The maximum Gasteiger partial charge on any atom is 0.417 e. The van der Waals surface area contributed by atoms with E-state index >= 15 is 0 Å². The molecule has 1 N–H and O–H groups in total. The lowest BCUT2D eigenvalue weighted by Crippen LogP contribution is -2.17. The molecule has 1 aromatic heterocycles. The number of hydrogen-bond donors (Lipinski definition) is 1. The Morgan fingerprint density at radius 2 is 1.86 bits per heavy atom. The van der Waals surface area contributed by atoms with Gasteiger partial charge in [-0.05, 0) is 43.3 Å². The summed E-state index contributed by atoms with van der Waals surface area (Å²) >= 11 is 0. The van der Waals surface area contributed by atoms with Crippen molar-refractivity contribution in [3.8, 4) is 5.75 Å². The number of benzene rings is 2. The second-order valence-corrected chi connectivity index (χ2v) is 4.80. The van der Waals surface area contributed by atoms with Crippen LogP contribution in [0.15, 0.2) is 54.6 Å². The summed E-state index contributed by atoms with van der Waals surface area (Å²) in [5, 5.41) is 3.43. The van der Waals surface area contributed by atoms with Gasteiger partial charge in [0.25, 0.3) is 0 Å². The van der Waals surface area contributed by atoms with Crippen LogP contribution in [0.3, 0.4) is 0 Å². The lowest BCUT2D eigenvalue weighted by Gasteiger charge is -2.09. The molecule has 0 aliphatic carbocycles. The molecular formula is C17H13FN2O2. The van der Waals surface area contributed by atoms with Crippen LogP contribution in [0.25, 0.3) is 10.9 Å². The van der Waals surface area contributed by atoms with Crippen LogP contribution in [0, 0.1) is 12.7 Å². The van der Waals surface area contributed by atoms with E-state index < -0.39 is 6.09 Å². The summed E-state index contributed by atoms with van der Waals surface area (Å²) in [6.07, 6.45) is -0.651. The molecule has 0 bridgehead atoms. The number of carbonyl (C=O) groups excluding carboxylic acids is 1. The van der Waals surface area contributed by atoms with E-state index in [-0.39, 0.29) is 5.82 Å². The van der Waals surface area contributed by atoms with Gasteiger partial charge in [0.15, 0.2) is 5.75 Å². The molecule has 0 saturated heterocycles. The van der Waals surface area contributed by atoms with Crippen LogP contribution in [-0.4, -0.2) is 11.1 Å². The third-order valence-corrected chi connectivity index (χ3v) is 3.12. The number of pyridine rings is 1. The summed E-state index contributed by atoms with van der Waals surface area (Å²) in [4.78, 5) is 16.3. The number of fused-ring (bicyclic) bond motifs is 1. The molecule has 3 rings (SSSR count). The van der Waals surface area contributed by atoms with Crippen LogP contribution in [0.4, 0.5) is 14.9 Å². The number of ether oxygens (including phenoxy) is 1. The molecule has 0 atom stereocenters. The molecule has 4 nitrogen and oxygen atoms in total.